The Morgan fingerprint density at radius 3 is 2.48 bits per heavy atom. The molecule has 0 unspecified atom stereocenters. The van der Waals surface area contributed by atoms with Gasteiger partial charge in [0, 0.05) is 5.56 Å². The lowest BCUT2D eigenvalue weighted by molar-refractivity contribution is 0.0957. The SMILES string of the molecule is Cc1ccc(-n2ncc(C(=O)NCC#Cc3ccccc3)c2C(C)C)cc1. The van der Waals surface area contributed by atoms with Crippen molar-refractivity contribution >= 4 is 5.91 Å². The number of aromatic nitrogens is 2. The zero-order valence-electron chi connectivity index (χ0n) is 15.9. The van der Waals surface area contributed by atoms with Crippen molar-refractivity contribution in [2.24, 2.45) is 0 Å². The molecule has 1 amide bonds. The Morgan fingerprint density at radius 2 is 1.81 bits per heavy atom. The summed E-state index contributed by atoms with van der Waals surface area (Å²) in [6.45, 7) is 6.47. The van der Waals surface area contributed by atoms with Gasteiger partial charge < -0.3 is 5.32 Å². The fourth-order valence-electron chi connectivity index (χ4n) is 2.87. The molecular weight excluding hydrogens is 334 g/mol. The maximum absolute atomic E-state index is 12.6. The molecule has 4 heteroatoms. The average Bonchev–Trinajstić information content (AvgIpc) is 3.12. The number of rotatable bonds is 4. The molecule has 3 rings (SSSR count). The summed E-state index contributed by atoms with van der Waals surface area (Å²) in [6.07, 6.45) is 1.63. The highest BCUT2D eigenvalue weighted by Crippen LogP contribution is 2.23. The summed E-state index contributed by atoms with van der Waals surface area (Å²) in [6, 6.07) is 17.8. The Labute approximate surface area is 160 Å². The molecule has 0 saturated carbocycles. The Bertz CT molecular complexity index is 974. The van der Waals surface area contributed by atoms with Crippen LogP contribution in [0.25, 0.3) is 5.69 Å². The van der Waals surface area contributed by atoms with Crippen LogP contribution in [0, 0.1) is 18.8 Å². The fraction of sp³-hybridized carbons (Fsp3) is 0.217. The van der Waals surface area contributed by atoms with E-state index in [1.807, 2.05) is 66.2 Å². The minimum Gasteiger partial charge on any atom is -0.341 e. The van der Waals surface area contributed by atoms with Crippen LogP contribution in [-0.2, 0) is 0 Å². The predicted octanol–water partition coefficient (Wildman–Crippen LogP) is 4.09. The Morgan fingerprint density at radius 1 is 1.11 bits per heavy atom. The molecule has 136 valence electrons. The van der Waals surface area contributed by atoms with Crippen LogP contribution in [0.3, 0.4) is 0 Å². The normalized spacial score (nSPS) is 10.4. The van der Waals surface area contributed by atoms with E-state index in [9.17, 15) is 4.79 Å². The number of hydrogen-bond donors (Lipinski definition) is 1. The van der Waals surface area contributed by atoms with Crippen LogP contribution < -0.4 is 5.32 Å². The summed E-state index contributed by atoms with van der Waals surface area (Å²) in [4.78, 5) is 12.6. The Kier molecular flexibility index (Phi) is 5.73. The second-order valence-electron chi connectivity index (χ2n) is 6.70. The molecule has 3 aromatic rings. The van der Waals surface area contributed by atoms with E-state index in [1.54, 1.807) is 6.20 Å². The first-order chi connectivity index (χ1) is 13.1. The van der Waals surface area contributed by atoms with Gasteiger partial charge in [0.15, 0.2) is 0 Å². The second-order valence-corrected chi connectivity index (χ2v) is 6.70. The molecule has 0 atom stereocenters. The van der Waals surface area contributed by atoms with Crippen molar-refractivity contribution in [1.29, 1.82) is 0 Å². The summed E-state index contributed by atoms with van der Waals surface area (Å²) in [7, 11) is 0. The molecule has 0 aliphatic heterocycles. The van der Waals surface area contributed by atoms with Gasteiger partial charge >= 0.3 is 0 Å². The largest absolute Gasteiger partial charge is 0.341 e. The maximum Gasteiger partial charge on any atom is 0.255 e. The quantitative estimate of drug-likeness (QED) is 0.715. The fourth-order valence-corrected chi connectivity index (χ4v) is 2.87. The zero-order valence-corrected chi connectivity index (χ0v) is 15.9. The van der Waals surface area contributed by atoms with Gasteiger partial charge in [-0.25, -0.2) is 4.68 Å². The van der Waals surface area contributed by atoms with Crippen LogP contribution >= 0.6 is 0 Å². The molecule has 0 aliphatic carbocycles. The first-order valence-electron chi connectivity index (χ1n) is 9.03. The average molecular weight is 357 g/mol. The van der Waals surface area contributed by atoms with E-state index in [-0.39, 0.29) is 11.8 Å². The van der Waals surface area contributed by atoms with Crippen LogP contribution in [-0.4, -0.2) is 22.2 Å². The van der Waals surface area contributed by atoms with Crippen molar-refractivity contribution in [3.63, 3.8) is 0 Å². The number of carbonyl (C=O) groups excluding carboxylic acids is 1. The van der Waals surface area contributed by atoms with Crippen LogP contribution in [0.5, 0.6) is 0 Å². The number of benzene rings is 2. The molecule has 0 radical (unpaired) electrons. The summed E-state index contributed by atoms with van der Waals surface area (Å²) < 4.78 is 1.84. The molecule has 0 spiro atoms. The Hall–Kier alpha value is -3.32. The van der Waals surface area contributed by atoms with Crippen molar-refractivity contribution in [3.05, 3.63) is 83.2 Å². The highest BCUT2D eigenvalue weighted by Gasteiger charge is 2.20. The van der Waals surface area contributed by atoms with E-state index < -0.39 is 0 Å². The Balaban J connectivity index is 1.77. The van der Waals surface area contributed by atoms with Crippen molar-refractivity contribution in [2.75, 3.05) is 6.54 Å². The lowest BCUT2D eigenvalue weighted by Crippen LogP contribution is -2.25. The van der Waals surface area contributed by atoms with E-state index in [0.29, 0.717) is 12.1 Å². The molecule has 0 bridgehead atoms. The van der Waals surface area contributed by atoms with Crippen LogP contribution in [0.4, 0.5) is 0 Å². The highest BCUT2D eigenvalue weighted by atomic mass is 16.1. The molecule has 0 saturated heterocycles. The number of carbonyl (C=O) groups is 1. The molecule has 0 fully saturated rings. The molecule has 1 heterocycles. The van der Waals surface area contributed by atoms with Crippen LogP contribution in [0.2, 0.25) is 0 Å². The van der Waals surface area contributed by atoms with Gasteiger partial charge in [-0.05, 0) is 37.1 Å². The second kappa shape index (κ2) is 8.37. The first-order valence-corrected chi connectivity index (χ1v) is 9.03. The number of nitrogens with one attached hydrogen (secondary N) is 1. The predicted molar refractivity (Wildman–Crippen MR) is 108 cm³/mol. The standard InChI is InChI=1S/C23H23N3O/c1-17(2)22-21(16-25-26(22)20-13-11-18(3)12-14-20)23(27)24-15-7-10-19-8-5-4-6-9-19/h4-6,8-9,11-14,16-17H,15H2,1-3H3,(H,24,27). The lowest BCUT2D eigenvalue weighted by Gasteiger charge is -2.12. The minimum absolute atomic E-state index is 0.153. The van der Waals surface area contributed by atoms with Gasteiger partial charge in [0.05, 0.1) is 29.7 Å². The topological polar surface area (TPSA) is 46.9 Å². The van der Waals surface area contributed by atoms with Gasteiger partial charge in [-0.1, -0.05) is 61.6 Å². The molecule has 4 nitrogen and oxygen atoms in total. The summed E-state index contributed by atoms with van der Waals surface area (Å²) in [5.74, 6) is 6.03. The van der Waals surface area contributed by atoms with E-state index in [4.69, 9.17) is 0 Å². The molecular formula is C23H23N3O. The third-order valence-corrected chi connectivity index (χ3v) is 4.22. The van der Waals surface area contributed by atoms with E-state index in [1.165, 1.54) is 5.56 Å². The summed E-state index contributed by atoms with van der Waals surface area (Å²) in [5, 5.41) is 7.33. The third-order valence-electron chi connectivity index (χ3n) is 4.22. The number of hydrogen-bond acceptors (Lipinski definition) is 2. The summed E-state index contributed by atoms with van der Waals surface area (Å²) >= 11 is 0. The highest BCUT2D eigenvalue weighted by molar-refractivity contribution is 5.95. The number of aryl methyl sites for hydroxylation is 1. The van der Waals surface area contributed by atoms with Gasteiger partial charge in [-0.15, -0.1) is 0 Å². The molecule has 1 N–H and O–H groups in total. The first kappa shape index (κ1) is 18.5. The van der Waals surface area contributed by atoms with Gasteiger partial charge in [0.2, 0.25) is 0 Å². The monoisotopic (exact) mass is 357 g/mol. The van der Waals surface area contributed by atoms with Gasteiger partial charge in [0.1, 0.15) is 0 Å². The van der Waals surface area contributed by atoms with E-state index in [2.05, 4.69) is 36.1 Å². The van der Waals surface area contributed by atoms with Crippen molar-refractivity contribution < 1.29 is 4.79 Å². The zero-order chi connectivity index (χ0) is 19.2. The molecule has 1 aromatic heterocycles. The molecule has 2 aromatic carbocycles. The van der Waals surface area contributed by atoms with Crippen molar-refractivity contribution in [1.82, 2.24) is 15.1 Å². The van der Waals surface area contributed by atoms with Crippen LogP contribution in [0.1, 0.15) is 46.9 Å². The molecule has 0 aliphatic rings. The van der Waals surface area contributed by atoms with E-state index >= 15 is 0 Å². The van der Waals surface area contributed by atoms with Gasteiger partial charge in [-0.2, -0.15) is 5.10 Å². The summed E-state index contributed by atoms with van der Waals surface area (Å²) in [5.41, 5.74) is 4.56. The maximum atomic E-state index is 12.6. The van der Waals surface area contributed by atoms with Crippen LogP contribution in [0.15, 0.2) is 60.8 Å². The number of nitrogens with zero attached hydrogens (tertiary/aromatic N) is 2. The van der Waals surface area contributed by atoms with Gasteiger partial charge in [-0.3, -0.25) is 4.79 Å². The van der Waals surface area contributed by atoms with Gasteiger partial charge in [0.25, 0.3) is 5.91 Å². The van der Waals surface area contributed by atoms with Crippen molar-refractivity contribution in [2.45, 2.75) is 26.7 Å². The molecule has 27 heavy (non-hydrogen) atoms. The number of amides is 1. The smallest absolute Gasteiger partial charge is 0.255 e. The van der Waals surface area contributed by atoms with Crippen molar-refractivity contribution in [3.8, 4) is 17.5 Å². The van der Waals surface area contributed by atoms with E-state index in [0.717, 1.165) is 16.9 Å². The minimum atomic E-state index is -0.153. The third kappa shape index (κ3) is 4.45. The lowest BCUT2D eigenvalue weighted by atomic mass is 10.0.